The van der Waals surface area contributed by atoms with Crippen molar-refractivity contribution in [3.05, 3.63) is 0 Å². The first-order chi connectivity index (χ1) is 10.6. The summed E-state index contributed by atoms with van der Waals surface area (Å²) < 4.78 is 5.48. The van der Waals surface area contributed by atoms with E-state index in [2.05, 4.69) is 30.6 Å². The molecule has 0 aromatic carbocycles. The maximum atomic E-state index is 5.48. The molecule has 1 unspecified atom stereocenters. The molecule has 3 heteroatoms. The van der Waals surface area contributed by atoms with Gasteiger partial charge in [0.2, 0.25) is 0 Å². The number of hydrogen-bond donors (Lipinski definition) is 0. The highest BCUT2D eigenvalue weighted by Crippen LogP contribution is 2.29. The van der Waals surface area contributed by atoms with Gasteiger partial charge in [-0.15, -0.1) is 0 Å². The van der Waals surface area contributed by atoms with Crippen LogP contribution in [0.2, 0.25) is 0 Å². The molecule has 1 aliphatic carbocycles. The average Bonchev–Trinajstić information content (AvgIpc) is 2.55. The molecule has 0 spiro atoms. The lowest BCUT2D eigenvalue weighted by molar-refractivity contribution is 0.0538. The van der Waals surface area contributed by atoms with Crippen molar-refractivity contribution in [2.24, 2.45) is 5.92 Å². The SMILES string of the molecule is COC1CCC(CCCC(C)N2CCN(C(C)C)CC2)CC1. The normalized spacial score (nSPS) is 29.9. The minimum Gasteiger partial charge on any atom is -0.381 e. The minimum absolute atomic E-state index is 0.549. The highest BCUT2D eigenvalue weighted by molar-refractivity contribution is 4.79. The molecule has 130 valence electrons. The first kappa shape index (κ1) is 18.2. The first-order valence-corrected chi connectivity index (χ1v) is 9.61. The van der Waals surface area contributed by atoms with Crippen molar-refractivity contribution in [3.63, 3.8) is 0 Å². The van der Waals surface area contributed by atoms with Gasteiger partial charge in [-0.25, -0.2) is 0 Å². The predicted molar refractivity (Wildman–Crippen MR) is 94.4 cm³/mol. The van der Waals surface area contributed by atoms with E-state index in [1.165, 1.54) is 71.1 Å². The lowest BCUT2D eigenvalue weighted by Crippen LogP contribution is -2.51. The van der Waals surface area contributed by atoms with Crippen molar-refractivity contribution in [2.45, 2.75) is 83.9 Å². The Morgan fingerprint density at radius 2 is 1.50 bits per heavy atom. The maximum Gasteiger partial charge on any atom is 0.0571 e. The molecule has 0 radical (unpaired) electrons. The largest absolute Gasteiger partial charge is 0.381 e. The van der Waals surface area contributed by atoms with E-state index in [1.54, 1.807) is 0 Å². The van der Waals surface area contributed by atoms with Gasteiger partial charge in [-0.2, -0.15) is 0 Å². The van der Waals surface area contributed by atoms with Gasteiger partial charge in [-0.3, -0.25) is 9.80 Å². The molecule has 2 rings (SSSR count). The van der Waals surface area contributed by atoms with Crippen molar-refractivity contribution < 1.29 is 4.74 Å². The molecular weight excluding hydrogens is 272 g/mol. The van der Waals surface area contributed by atoms with Crippen LogP contribution in [0.1, 0.15) is 65.7 Å². The summed E-state index contributed by atoms with van der Waals surface area (Å²) in [5.74, 6) is 0.969. The molecule has 22 heavy (non-hydrogen) atoms. The molecule has 1 saturated heterocycles. The van der Waals surface area contributed by atoms with Gasteiger partial charge in [0.05, 0.1) is 6.10 Å². The van der Waals surface area contributed by atoms with Crippen LogP contribution in [-0.4, -0.2) is 61.3 Å². The van der Waals surface area contributed by atoms with Crippen molar-refractivity contribution in [2.75, 3.05) is 33.3 Å². The van der Waals surface area contributed by atoms with Crippen LogP contribution in [-0.2, 0) is 4.74 Å². The third-order valence-corrected chi connectivity index (χ3v) is 6.06. The summed E-state index contributed by atoms with van der Waals surface area (Å²) in [6, 6.07) is 1.48. The number of methoxy groups -OCH3 is 1. The molecule has 1 heterocycles. The van der Waals surface area contributed by atoms with E-state index in [0.717, 1.165) is 12.0 Å². The van der Waals surface area contributed by atoms with Gasteiger partial charge in [0, 0.05) is 45.4 Å². The highest BCUT2D eigenvalue weighted by Gasteiger charge is 2.23. The van der Waals surface area contributed by atoms with E-state index in [1.807, 2.05) is 7.11 Å². The Hall–Kier alpha value is -0.120. The molecule has 1 atom stereocenters. The van der Waals surface area contributed by atoms with E-state index < -0.39 is 0 Å². The number of rotatable bonds is 7. The summed E-state index contributed by atoms with van der Waals surface area (Å²) in [4.78, 5) is 5.32. The third-order valence-electron chi connectivity index (χ3n) is 6.06. The second kappa shape index (κ2) is 9.24. The lowest BCUT2D eigenvalue weighted by atomic mass is 9.84. The Labute approximate surface area is 138 Å². The van der Waals surface area contributed by atoms with Gasteiger partial charge in [-0.05, 0) is 58.8 Å². The topological polar surface area (TPSA) is 15.7 Å². The monoisotopic (exact) mass is 310 g/mol. The number of hydrogen-bond acceptors (Lipinski definition) is 3. The molecule has 1 aliphatic heterocycles. The van der Waals surface area contributed by atoms with Crippen LogP contribution in [0.5, 0.6) is 0 Å². The van der Waals surface area contributed by atoms with Crippen molar-refractivity contribution >= 4 is 0 Å². The molecule has 0 bridgehead atoms. The second-order valence-corrected chi connectivity index (χ2v) is 7.82. The maximum absolute atomic E-state index is 5.48. The van der Waals surface area contributed by atoms with E-state index in [0.29, 0.717) is 12.1 Å². The average molecular weight is 311 g/mol. The summed E-state index contributed by atoms with van der Waals surface area (Å²) in [5.41, 5.74) is 0. The Kier molecular flexibility index (Phi) is 7.66. The number of ether oxygens (including phenoxy) is 1. The Balaban J connectivity index is 1.57. The van der Waals surface area contributed by atoms with Crippen LogP contribution in [0.4, 0.5) is 0 Å². The molecule has 3 nitrogen and oxygen atoms in total. The Bertz CT molecular complexity index is 292. The fourth-order valence-electron chi connectivity index (χ4n) is 4.24. The van der Waals surface area contributed by atoms with Crippen molar-refractivity contribution in [1.29, 1.82) is 0 Å². The fraction of sp³-hybridized carbons (Fsp3) is 1.00. The van der Waals surface area contributed by atoms with Gasteiger partial charge < -0.3 is 4.74 Å². The lowest BCUT2D eigenvalue weighted by Gasteiger charge is -2.40. The fourth-order valence-corrected chi connectivity index (χ4v) is 4.24. The summed E-state index contributed by atoms with van der Waals surface area (Å²) in [7, 11) is 1.87. The van der Waals surface area contributed by atoms with E-state index in [4.69, 9.17) is 4.74 Å². The zero-order valence-corrected chi connectivity index (χ0v) is 15.4. The van der Waals surface area contributed by atoms with Gasteiger partial charge in [-0.1, -0.05) is 12.8 Å². The van der Waals surface area contributed by atoms with Gasteiger partial charge in [0.25, 0.3) is 0 Å². The quantitative estimate of drug-likeness (QED) is 0.712. The number of nitrogens with zero attached hydrogens (tertiary/aromatic N) is 2. The van der Waals surface area contributed by atoms with Crippen LogP contribution in [0.25, 0.3) is 0 Å². The summed E-state index contributed by atoms with van der Waals surface area (Å²) in [5, 5.41) is 0. The molecule has 1 saturated carbocycles. The summed E-state index contributed by atoms with van der Waals surface area (Å²) >= 11 is 0. The van der Waals surface area contributed by atoms with Crippen molar-refractivity contribution in [3.8, 4) is 0 Å². The van der Waals surface area contributed by atoms with Crippen LogP contribution in [0.3, 0.4) is 0 Å². The van der Waals surface area contributed by atoms with Crippen LogP contribution >= 0.6 is 0 Å². The minimum atomic E-state index is 0.549. The number of piperazine rings is 1. The third kappa shape index (κ3) is 5.50. The zero-order chi connectivity index (χ0) is 15.9. The molecule has 0 N–H and O–H groups in total. The van der Waals surface area contributed by atoms with E-state index >= 15 is 0 Å². The predicted octanol–water partition coefficient (Wildman–Crippen LogP) is 3.78. The smallest absolute Gasteiger partial charge is 0.0571 e. The van der Waals surface area contributed by atoms with Crippen LogP contribution in [0.15, 0.2) is 0 Å². The second-order valence-electron chi connectivity index (χ2n) is 7.82. The van der Waals surface area contributed by atoms with Gasteiger partial charge >= 0.3 is 0 Å². The van der Waals surface area contributed by atoms with E-state index in [9.17, 15) is 0 Å². The van der Waals surface area contributed by atoms with Gasteiger partial charge in [0.1, 0.15) is 0 Å². The van der Waals surface area contributed by atoms with Crippen molar-refractivity contribution in [1.82, 2.24) is 9.80 Å². The van der Waals surface area contributed by atoms with Crippen LogP contribution < -0.4 is 0 Å². The van der Waals surface area contributed by atoms with E-state index in [-0.39, 0.29) is 0 Å². The van der Waals surface area contributed by atoms with Gasteiger partial charge in [0.15, 0.2) is 0 Å². The zero-order valence-electron chi connectivity index (χ0n) is 15.4. The Morgan fingerprint density at radius 1 is 0.909 bits per heavy atom. The highest BCUT2D eigenvalue weighted by atomic mass is 16.5. The molecule has 0 amide bonds. The molecule has 0 aromatic rings. The molecule has 2 aliphatic rings. The van der Waals surface area contributed by atoms with Crippen LogP contribution in [0, 0.1) is 5.92 Å². The Morgan fingerprint density at radius 3 is 2.05 bits per heavy atom. The standard InChI is InChI=1S/C19H38N2O/c1-16(2)20-12-14-21(15-13-20)17(3)6-5-7-18-8-10-19(22-4)11-9-18/h16-19H,5-15H2,1-4H3. The molecule has 2 fully saturated rings. The summed E-state index contributed by atoms with van der Waals surface area (Å²) in [6.45, 7) is 12.1. The molecular formula is C19H38N2O. The molecule has 0 aromatic heterocycles. The first-order valence-electron chi connectivity index (χ1n) is 9.61. The summed E-state index contributed by atoms with van der Waals surface area (Å²) in [6.07, 6.45) is 10.1.